The number of aliphatic hydroxyl groups is 1. The van der Waals surface area contributed by atoms with Gasteiger partial charge < -0.3 is 14.6 Å². The number of aliphatic hydroxyl groups excluding tert-OH is 1. The van der Waals surface area contributed by atoms with Crippen LogP contribution in [0.4, 0.5) is 0 Å². The van der Waals surface area contributed by atoms with E-state index in [1.807, 2.05) is 0 Å². The van der Waals surface area contributed by atoms with Crippen molar-refractivity contribution in [3.63, 3.8) is 0 Å². The molecule has 0 aliphatic carbocycles. The highest BCUT2D eigenvalue weighted by Crippen LogP contribution is 2.14. The summed E-state index contributed by atoms with van der Waals surface area (Å²) in [4.78, 5) is 24.4. The average Bonchev–Trinajstić information content (AvgIpc) is 3.23. The smallest absolute Gasteiger partial charge is 0.306 e. The van der Waals surface area contributed by atoms with Gasteiger partial charge in [0.15, 0.2) is 6.10 Å². The van der Waals surface area contributed by atoms with E-state index in [9.17, 15) is 14.7 Å². The van der Waals surface area contributed by atoms with Crippen molar-refractivity contribution in [2.75, 3.05) is 13.2 Å². The quantitative estimate of drug-likeness (QED) is 0.0377. The van der Waals surface area contributed by atoms with Crippen molar-refractivity contribution >= 4 is 11.9 Å². The van der Waals surface area contributed by atoms with Gasteiger partial charge in [0, 0.05) is 12.8 Å². The van der Waals surface area contributed by atoms with Crippen molar-refractivity contribution < 1.29 is 24.2 Å². The number of rotatable bonds is 43. The predicted molar refractivity (Wildman–Crippen MR) is 251 cm³/mol. The number of carbonyl (C=O) groups is 2. The number of hydrogen-bond acceptors (Lipinski definition) is 5. The van der Waals surface area contributed by atoms with E-state index >= 15 is 0 Å². The first-order valence-corrected chi connectivity index (χ1v) is 24.1. The second kappa shape index (κ2) is 48.4. The lowest BCUT2D eigenvalue weighted by Crippen LogP contribution is -2.28. The Labute approximate surface area is 358 Å². The molecule has 1 unspecified atom stereocenters. The molecular formula is C53H90O5. The van der Waals surface area contributed by atoms with Gasteiger partial charge in [0.05, 0.1) is 6.61 Å². The van der Waals surface area contributed by atoms with Crippen molar-refractivity contribution in [2.24, 2.45) is 0 Å². The number of hydrogen-bond donors (Lipinski definition) is 1. The number of ether oxygens (including phenoxy) is 2. The maximum absolute atomic E-state index is 12.2. The molecule has 0 bridgehead atoms. The highest BCUT2D eigenvalue weighted by atomic mass is 16.6. The zero-order valence-electron chi connectivity index (χ0n) is 37.8. The fourth-order valence-electron chi connectivity index (χ4n) is 6.55. The molecule has 1 N–H and O–H groups in total. The summed E-state index contributed by atoms with van der Waals surface area (Å²) in [5, 5.41) is 9.61. The molecule has 332 valence electrons. The Morgan fingerprint density at radius 2 is 0.741 bits per heavy atom. The average molecular weight is 807 g/mol. The molecule has 0 aliphatic rings. The Hall–Kier alpha value is -2.92. The zero-order valence-corrected chi connectivity index (χ0v) is 37.8. The van der Waals surface area contributed by atoms with Gasteiger partial charge in [-0.15, -0.1) is 0 Å². The normalized spacial score (nSPS) is 12.9. The minimum Gasteiger partial charge on any atom is -0.462 e. The monoisotopic (exact) mass is 807 g/mol. The van der Waals surface area contributed by atoms with Crippen LogP contribution in [0.1, 0.15) is 219 Å². The summed E-state index contributed by atoms with van der Waals surface area (Å²) >= 11 is 0. The first-order valence-electron chi connectivity index (χ1n) is 24.1. The van der Waals surface area contributed by atoms with Gasteiger partial charge in [0.2, 0.25) is 0 Å². The molecule has 0 aliphatic heterocycles. The first kappa shape index (κ1) is 55.1. The maximum atomic E-state index is 12.2. The van der Waals surface area contributed by atoms with E-state index in [0.29, 0.717) is 12.8 Å². The first-order chi connectivity index (χ1) is 28.6. The van der Waals surface area contributed by atoms with Crippen LogP contribution in [0.2, 0.25) is 0 Å². The van der Waals surface area contributed by atoms with Gasteiger partial charge in [-0.2, -0.15) is 0 Å². The van der Waals surface area contributed by atoms with Crippen molar-refractivity contribution in [1.82, 2.24) is 0 Å². The van der Waals surface area contributed by atoms with E-state index < -0.39 is 6.10 Å². The van der Waals surface area contributed by atoms with E-state index in [2.05, 4.69) is 98.9 Å². The standard InChI is InChI=1S/C53H90O5/c1-3-5-7-9-11-13-15-17-19-21-23-25-26-28-29-31-33-35-37-39-41-43-45-47-52(55)57-50-51(49-54)58-53(56)48-46-44-42-40-38-36-34-32-30-27-24-22-20-18-16-14-12-10-8-6-4-2/h6,8,12,14-15,17-18,20-21,23-24,27,32,34,51,54H,3-5,7,9-11,13,16,19,22,25-26,28-31,33,35-50H2,1-2H3/b8-6-,14-12-,17-15-,20-18-,23-21-,27-24-,34-32-. The Kier molecular flexibility index (Phi) is 46.0. The Morgan fingerprint density at radius 3 is 1.12 bits per heavy atom. The number of unbranched alkanes of at least 4 members (excludes halogenated alkanes) is 21. The van der Waals surface area contributed by atoms with E-state index in [-0.39, 0.29) is 25.2 Å². The lowest BCUT2D eigenvalue weighted by molar-refractivity contribution is -0.161. The zero-order chi connectivity index (χ0) is 42.1. The van der Waals surface area contributed by atoms with E-state index in [1.165, 1.54) is 96.3 Å². The van der Waals surface area contributed by atoms with Crippen LogP contribution in [0.25, 0.3) is 0 Å². The van der Waals surface area contributed by atoms with Crippen LogP contribution >= 0.6 is 0 Å². The van der Waals surface area contributed by atoms with Crippen LogP contribution in [0.5, 0.6) is 0 Å². The van der Waals surface area contributed by atoms with Crippen LogP contribution < -0.4 is 0 Å². The van der Waals surface area contributed by atoms with Gasteiger partial charge in [-0.1, -0.05) is 202 Å². The van der Waals surface area contributed by atoms with Crippen molar-refractivity contribution in [3.8, 4) is 0 Å². The van der Waals surface area contributed by atoms with Gasteiger partial charge in [-0.05, 0) is 89.9 Å². The molecule has 58 heavy (non-hydrogen) atoms. The molecule has 5 nitrogen and oxygen atoms in total. The third-order valence-electron chi connectivity index (χ3n) is 10.2. The molecule has 0 aromatic heterocycles. The maximum Gasteiger partial charge on any atom is 0.306 e. The van der Waals surface area contributed by atoms with Gasteiger partial charge >= 0.3 is 11.9 Å². The van der Waals surface area contributed by atoms with Crippen LogP contribution in [0, 0.1) is 0 Å². The van der Waals surface area contributed by atoms with Crippen molar-refractivity contribution in [2.45, 2.75) is 225 Å². The molecule has 0 heterocycles. The minimum absolute atomic E-state index is 0.0788. The Morgan fingerprint density at radius 1 is 0.414 bits per heavy atom. The van der Waals surface area contributed by atoms with Crippen LogP contribution in [0.15, 0.2) is 85.1 Å². The Balaban J connectivity index is 3.58. The molecule has 0 radical (unpaired) electrons. The summed E-state index contributed by atoms with van der Waals surface area (Å²) in [5.74, 6) is -0.617. The summed E-state index contributed by atoms with van der Waals surface area (Å²) < 4.78 is 10.7. The SMILES string of the molecule is CC/C=C\C/C=C\C/C=C\C/C=C\C/C=C\CCCCCCCC(=O)OC(CO)COC(=O)CCCCCCCCCCCCC/C=C\C/C=C\CCCCCCC. The molecular weight excluding hydrogens is 717 g/mol. The molecule has 0 rings (SSSR count). The highest BCUT2D eigenvalue weighted by Gasteiger charge is 2.16. The lowest BCUT2D eigenvalue weighted by Gasteiger charge is -2.15. The summed E-state index contributed by atoms with van der Waals surface area (Å²) in [6.45, 7) is 4.00. The molecule has 0 spiro atoms. The van der Waals surface area contributed by atoms with Crippen LogP contribution in [0.3, 0.4) is 0 Å². The molecule has 0 aromatic rings. The topological polar surface area (TPSA) is 72.8 Å². The summed E-state index contributed by atoms with van der Waals surface area (Å²) in [7, 11) is 0. The largest absolute Gasteiger partial charge is 0.462 e. The van der Waals surface area contributed by atoms with Crippen molar-refractivity contribution in [1.29, 1.82) is 0 Å². The highest BCUT2D eigenvalue weighted by molar-refractivity contribution is 5.70. The number of carbonyl (C=O) groups excluding carboxylic acids is 2. The van der Waals surface area contributed by atoms with E-state index in [0.717, 1.165) is 96.3 Å². The predicted octanol–water partition coefficient (Wildman–Crippen LogP) is 15.9. The fourth-order valence-corrected chi connectivity index (χ4v) is 6.55. The van der Waals surface area contributed by atoms with Crippen LogP contribution in [-0.4, -0.2) is 36.4 Å². The fraction of sp³-hybridized carbons (Fsp3) is 0.698. The third kappa shape index (κ3) is 45.8. The molecule has 0 aromatic carbocycles. The van der Waals surface area contributed by atoms with Gasteiger partial charge in [-0.3, -0.25) is 9.59 Å². The van der Waals surface area contributed by atoms with Crippen LogP contribution in [-0.2, 0) is 19.1 Å². The Bertz CT molecular complexity index is 1090. The van der Waals surface area contributed by atoms with E-state index in [1.54, 1.807) is 0 Å². The number of allylic oxidation sites excluding steroid dienone is 14. The lowest BCUT2D eigenvalue weighted by atomic mass is 10.0. The number of esters is 2. The van der Waals surface area contributed by atoms with Gasteiger partial charge in [0.25, 0.3) is 0 Å². The second-order valence-corrected chi connectivity index (χ2v) is 15.8. The molecule has 1 atom stereocenters. The van der Waals surface area contributed by atoms with Crippen molar-refractivity contribution in [3.05, 3.63) is 85.1 Å². The molecule has 0 amide bonds. The molecule has 0 saturated carbocycles. The summed E-state index contributed by atoms with van der Waals surface area (Å²) in [6.07, 6.45) is 66.6. The summed E-state index contributed by atoms with van der Waals surface area (Å²) in [5.41, 5.74) is 0. The van der Waals surface area contributed by atoms with E-state index in [4.69, 9.17) is 9.47 Å². The third-order valence-corrected chi connectivity index (χ3v) is 10.2. The second-order valence-electron chi connectivity index (χ2n) is 15.8. The van der Waals surface area contributed by atoms with Gasteiger partial charge in [0.1, 0.15) is 6.61 Å². The molecule has 0 fully saturated rings. The van der Waals surface area contributed by atoms with Gasteiger partial charge in [-0.25, -0.2) is 0 Å². The molecule has 5 heteroatoms. The minimum atomic E-state index is -0.788. The molecule has 0 saturated heterocycles. The summed E-state index contributed by atoms with van der Waals surface area (Å²) in [6, 6.07) is 0.